The molecular weight excluding hydrogens is 656 g/mol. The minimum absolute atomic E-state index is 0.0401. The van der Waals surface area contributed by atoms with Gasteiger partial charge in [-0.2, -0.15) is 0 Å². The van der Waals surface area contributed by atoms with E-state index in [1.807, 2.05) is 0 Å². The maximum absolute atomic E-state index is 13.4. The van der Waals surface area contributed by atoms with Gasteiger partial charge in [-0.05, 0) is 78.7 Å². The van der Waals surface area contributed by atoms with E-state index in [4.69, 9.17) is 0 Å². The molecule has 51 heavy (non-hydrogen) atoms. The Hall–Kier alpha value is -7.61. The van der Waals surface area contributed by atoms with E-state index in [0.717, 1.165) is 18.2 Å². The molecule has 1 saturated heterocycles. The summed E-state index contributed by atoms with van der Waals surface area (Å²) in [6.45, 7) is 0. The molecule has 6 amide bonds. The number of hydrogen-bond donors (Lipinski definition) is 4. The van der Waals surface area contributed by atoms with E-state index in [2.05, 4.69) is 20.9 Å². The van der Waals surface area contributed by atoms with Crippen LogP contribution in [0.1, 0.15) is 26.3 Å². The van der Waals surface area contributed by atoms with Crippen molar-refractivity contribution in [1.29, 1.82) is 0 Å². The van der Waals surface area contributed by atoms with Crippen molar-refractivity contribution in [2.75, 3.05) is 15.5 Å². The number of carbonyl (C=O) groups excluding carboxylic acids is 5. The van der Waals surface area contributed by atoms with E-state index in [1.54, 1.807) is 72.8 Å². The largest absolute Gasteiger partial charge is 0.860 e. The number of urea groups is 1. The predicted octanol–water partition coefficient (Wildman–Crippen LogP) is 3.33. The molecule has 0 atom stereocenters. The van der Waals surface area contributed by atoms with Crippen LogP contribution >= 0.6 is 0 Å². The Kier molecular flexibility index (Phi) is 9.30. The van der Waals surface area contributed by atoms with Crippen LogP contribution in [0.4, 0.5) is 21.9 Å². The maximum Gasteiger partial charge on any atom is 0.335 e. The Morgan fingerprint density at radius 3 is 1.82 bits per heavy atom. The first-order chi connectivity index (χ1) is 24.6. The summed E-state index contributed by atoms with van der Waals surface area (Å²) in [5, 5.41) is 20.1. The van der Waals surface area contributed by atoms with Crippen LogP contribution in [0.5, 0.6) is 5.88 Å². The van der Waals surface area contributed by atoms with Crippen molar-refractivity contribution in [1.82, 2.24) is 14.9 Å². The zero-order valence-electron chi connectivity index (χ0n) is 26.3. The Labute approximate surface area is 288 Å². The van der Waals surface area contributed by atoms with Gasteiger partial charge in [-0.1, -0.05) is 54.6 Å². The number of aromatic nitrogens is 2. The van der Waals surface area contributed by atoms with Gasteiger partial charge in [-0.15, -0.1) is 0 Å². The number of allylic oxidation sites excluding steroid dienone is 2. The number of nitrogens with zero attached hydrogens (tertiary/aromatic N) is 2. The Bertz CT molecular complexity index is 2400. The van der Waals surface area contributed by atoms with Gasteiger partial charge in [0, 0.05) is 28.1 Å². The third-order valence-corrected chi connectivity index (χ3v) is 7.53. The standard InChI is InChI=1S/C37H26N6O8/c44-30(22-10-3-1-4-11-22)38-24-14-7-16-26(20-24)42-34(48)28(32(46)40-36(42)50)18-9-19-29-33(47)41-37(51)43(35(29)49)27-17-8-15-25(21-27)39-31(45)23-12-5-2-6-13-23/h1-21,46H,(H,38,44)(H,39,45)(H,40,50)(H,41,47,51)/p-1. The highest BCUT2D eigenvalue weighted by atomic mass is 16.3. The summed E-state index contributed by atoms with van der Waals surface area (Å²) in [5.41, 5.74) is -1.69. The van der Waals surface area contributed by atoms with Crippen molar-refractivity contribution in [3.8, 4) is 11.6 Å². The highest BCUT2D eigenvalue weighted by molar-refractivity contribution is 6.37. The van der Waals surface area contributed by atoms with Crippen LogP contribution < -0.4 is 37.2 Å². The summed E-state index contributed by atoms with van der Waals surface area (Å²) in [7, 11) is 0. The summed E-state index contributed by atoms with van der Waals surface area (Å²) in [4.78, 5) is 93.0. The molecule has 0 aliphatic carbocycles. The van der Waals surface area contributed by atoms with E-state index < -0.39 is 57.9 Å². The van der Waals surface area contributed by atoms with Crippen LogP contribution in [0.15, 0.2) is 137 Å². The second kappa shape index (κ2) is 14.2. The van der Waals surface area contributed by atoms with Gasteiger partial charge in [0.05, 0.1) is 11.4 Å². The summed E-state index contributed by atoms with van der Waals surface area (Å²) in [5.74, 6) is -3.94. The number of imide groups is 2. The van der Waals surface area contributed by atoms with Crippen LogP contribution in [0.25, 0.3) is 11.8 Å². The van der Waals surface area contributed by atoms with Gasteiger partial charge >= 0.3 is 11.7 Å². The molecule has 1 aliphatic heterocycles. The number of amides is 6. The van der Waals surface area contributed by atoms with Gasteiger partial charge in [0.25, 0.3) is 29.2 Å². The monoisotopic (exact) mass is 681 g/mol. The maximum atomic E-state index is 13.4. The first-order valence-electron chi connectivity index (χ1n) is 15.2. The number of aromatic amines is 1. The van der Waals surface area contributed by atoms with Gasteiger partial charge in [0.15, 0.2) is 0 Å². The first-order valence-corrected chi connectivity index (χ1v) is 15.2. The van der Waals surface area contributed by atoms with Crippen molar-refractivity contribution in [2.45, 2.75) is 0 Å². The molecule has 0 bridgehead atoms. The minimum Gasteiger partial charge on any atom is -0.860 e. The molecule has 5 aromatic rings. The van der Waals surface area contributed by atoms with Gasteiger partial charge in [-0.3, -0.25) is 29.3 Å². The lowest BCUT2D eigenvalue weighted by Crippen LogP contribution is -2.54. The van der Waals surface area contributed by atoms with Crippen LogP contribution in [0.2, 0.25) is 0 Å². The molecule has 0 spiro atoms. The minimum atomic E-state index is -1.04. The lowest BCUT2D eigenvalue weighted by molar-refractivity contribution is -0.275. The van der Waals surface area contributed by atoms with E-state index in [1.165, 1.54) is 36.4 Å². The third kappa shape index (κ3) is 7.14. The third-order valence-electron chi connectivity index (χ3n) is 7.53. The number of nitrogens with one attached hydrogen (secondary N) is 4. The van der Waals surface area contributed by atoms with E-state index >= 15 is 0 Å². The topological polar surface area (TPSA) is 203 Å². The van der Waals surface area contributed by atoms with Gasteiger partial charge in [0.2, 0.25) is 0 Å². The SMILES string of the molecule is O=C1NC(=O)N(c2cccc(NC(=O)c3ccccc3)c2)C(=O)C1=CC=Cc1c([O-])[nH]c(=O)n(-c2cccc(NC(=O)c3ccccc3)c2)c1=O. The molecule has 0 saturated carbocycles. The zero-order valence-corrected chi connectivity index (χ0v) is 26.3. The van der Waals surface area contributed by atoms with Crippen molar-refractivity contribution < 1.29 is 29.1 Å². The van der Waals surface area contributed by atoms with Crippen molar-refractivity contribution >= 4 is 52.8 Å². The molecule has 0 radical (unpaired) electrons. The second-order valence-electron chi connectivity index (χ2n) is 10.9. The Balaban J connectivity index is 1.25. The van der Waals surface area contributed by atoms with Crippen molar-refractivity contribution in [3.63, 3.8) is 0 Å². The highest BCUT2D eigenvalue weighted by Gasteiger charge is 2.36. The second-order valence-corrected chi connectivity index (χ2v) is 10.9. The van der Waals surface area contributed by atoms with Crippen molar-refractivity contribution in [3.05, 3.63) is 164 Å². The molecule has 1 aliphatic rings. The molecule has 14 heteroatoms. The zero-order chi connectivity index (χ0) is 36.1. The van der Waals surface area contributed by atoms with E-state index in [-0.39, 0.29) is 22.7 Å². The number of H-pyrrole nitrogens is 1. The van der Waals surface area contributed by atoms with Gasteiger partial charge in [0.1, 0.15) is 5.57 Å². The number of anilines is 3. The molecular formula is C37H25N6O8-. The lowest BCUT2D eigenvalue weighted by atomic mass is 10.1. The quantitative estimate of drug-likeness (QED) is 0.141. The van der Waals surface area contributed by atoms with Crippen LogP contribution in [-0.4, -0.2) is 39.2 Å². The normalized spacial score (nSPS) is 13.7. The van der Waals surface area contributed by atoms with Crippen LogP contribution in [0, 0.1) is 0 Å². The predicted molar refractivity (Wildman–Crippen MR) is 185 cm³/mol. The number of carbonyl (C=O) groups is 5. The van der Waals surface area contributed by atoms with Gasteiger partial charge < -0.3 is 20.7 Å². The fourth-order valence-electron chi connectivity index (χ4n) is 5.09. The molecule has 252 valence electrons. The molecule has 0 unspecified atom stereocenters. The molecule has 4 aromatic carbocycles. The Morgan fingerprint density at radius 2 is 1.24 bits per heavy atom. The van der Waals surface area contributed by atoms with Crippen molar-refractivity contribution in [2.24, 2.45) is 0 Å². The van der Waals surface area contributed by atoms with Crippen LogP contribution in [-0.2, 0) is 9.59 Å². The summed E-state index contributed by atoms with van der Waals surface area (Å²) in [6.07, 6.45) is 3.09. The highest BCUT2D eigenvalue weighted by Crippen LogP contribution is 2.24. The van der Waals surface area contributed by atoms with E-state index in [9.17, 15) is 38.7 Å². The van der Waals surface area contributed by atoms with E-state index in [0.29, 0.717) is 20.6 Å². The van der Waals surface area contributed by atoms with Crippen LogP contribution in [0.3, 0.4) is 0 Å². The number of hydrogen-bond acceptors (Lipinski definition) is 8. The summed E-state index contributed by atoms with van der Waals surface area (Å²) < 4.78 is 0.689. The van der Waals surface area contributed by atoms with Gasteiger partial charge in [-0.25, -0.2) is 19.1 Å². The molecule has 4 N–H and O–H groups in total. The molecule has 6 rings (SSSR count). The molecule has 14 nitrogen and oxygen atoms in total. The first kappa shape index (κ1) is 33.3. The fraction of sp³-hybridized carbons (Fsp3) is 0. The average Bonchev–Trinajstić information content (AvgIpc) is 3.11. The molecule has 2 heterocycles. The number of benzene rings is 4. The Morgan fingerprint density at radius 1 is 0.686 bits per heavy atom. The number of rotatable bonds is 8. The molecule has 1 fully saturated rings. The average molecular weight is 682 g/mol. The fourth-order valence-corrected chi connectivity index (χ4v) is 5.09. The summed E-state index contributed by atoms with van der Waals surface area (Å²) in [6, 6.07) is 27.4. The molecule has 1 aromatic heterocycles. The smallest absolute Gasteiger partial charge is 0.335 e. The lowest BCUT2D eigenvalue weighted by Gasteiger charge is -2.26. The summed E-state index contributed by atoms with van der Waals surface area (Å²) >= 11 is 0. The number of barbiturate groups is 1.